The van der Waals surface area contributed by atoms with Crippen molar-refractivity contribution in [2.24, 2.45) is 5.92 Å². The van der Waals surface area contributed by atoms with Crippen LogP contribution in [0.2, 0.25) is 0 Å². The molecule has 0 bridgehead atoms. The van der Waals surface area contributed by atoms with Gasteiger partial charge >= 0.3 is 5.97 Å². The van der Waals surface area contributed by atoms with Crippen LogP contribution in [-0.4, -0.2) is 38.6 Å². The first-order valence-corrected chi connectivity index (χ1v) is 12.3. The van der Waals surface area contributed by atoms with Crippen molar-refractivity contribution < 1.29 is 31.8 Å². The van der Waals surface area contributed by atoms with Crippen LogP contribution in [0.15, 0.2) is 23.1 Å². The minimum atomic E-state index is -3.94. The van der Waals surface area contributed by atoms with Crippen LogP contribution in [0.25, 0.3) is 11.1 Å². The Morgan fingerprint density at radius 3 is 2.61 bits per heavy atom. The van der Waals surface area contributed by atoms with Gasteiger partial charge in [-0.15, -0.1) is 0 Å². The van der Waals surface area contributed by atoms with E-state index in [0.29, 0.717) is 30.9 Å². The van der Waals surface area contributed by atoms with Crippen LogP contribution in [0.4, 0.5) is 14.5 Å². The summed E-state index contributed by atoms with van der Waals surface area (Å²) in [5.41, 5.74) is -0.179. The molecule has 4 rings (SSSR count). The lowest BCUT2D eigenvalue weighted by atomic mass is 9.93. The van der Waals surface area contributed by atoms with E-state index in [4.69, 9.17) is 4.74 Å². The molecule has 0 spiro atoms. The Hall–Kier alpha value is -2.72. The topological polar surface area (TPSA) is 95.9 Å². The van der Waals surface area contributed by atoms with Crippen molar-refractivity contribution in [3.63, 3.8) is 0 Å². The Balaban J connectivity index is 1.93. The highest BCUT2D eigenvalue weighted by atomic mass is 32.2. The number of hydrogen-bond donors (Lipinski definition) is 2. The normalized spacial score (nSPS) is 18.7. The summed E-state index contributed by atoms with van der Waals surface area (Å²) in [5.74, 6) is -3.82. The van der Waals surface area contributed by atoms with Crippen LogP contribution in [-0.2, 0) is 16.6 Å². The summed E-state index contributed by atoms with van der Waals surface area (Å²) in [4.78, 5) is 13.4. The number of nitrogens with one attached hydrogen (secondary N) is 1. The second-order valence-electron chi connectivity index (χ2n) is 8.88. The third-order valence-corrected chi connectivity index (χ3v) is 7.45. The summed E-state index contributed by atoms with van der Waals surface area (Å²) in [6.07, 6.45) is 1.44. The molecule has 7 nitrogen and oxygen atoms in total. The maximum Gasteiger partial charge on any atom is 0.338 e. The Morgan fingerprint density at radius 1 is 1.24 bits per heavy atom. The first kappa shape index (κ1) is 23.4. The lowest BCUT2D eigenvalue weighted by Crippen LogP contribution is -2.41. The van der Waals surface area contributed by atoms with Gasteiger partial charge in [-0.3, -0.25) is 0 Å². The van der Waals surface area contributed by atoms with Crippen LogP contribution >= 0.6 is 0 Å². The molecule has 0 unspecified atom stereocenters. The molecule has 2 aromatic rings. The molecular formula is C23H26F2N2O5S. The van der Waals surface area contributed by atoms with Gasteiger partial charge in [-0.05, 0) is 36.5 Å². The minimum Gasteiger partial charge on any atom is -0.488 e. The Kier molecular flexibility index (Phi) is 6.09. The third-order valence-electron chi connectivity index (χ3n) is 5.90. The van der Waals surface area contributed by atoms with E-state index in [1.165, 1.54) is 6.07 Å². The number of carboxylic acid groups (broad SMARTS) is 1. The van der Waals surface area contributed by atoms with Crippen molar-refractivity contribution in [2.75, 3.05) is 18.0 Å². The van der Waals surface area contributed by atoms with E-state index >= 15 is 0 Å². The molecule has 1 atom stereocenters. The van der Waals surface area contributed by atoms with Gasteiger partial charge < -0.3 is 14.7 Å². The van der Waals surface area contributed by atoms with Crippen molar-refractivity contribution in [3.8, 4) is 16.9 Å². The monoisotopic (exact) mass is 480 g/mol. The van der Waals surface area contributed by atoms with Gasteiger partial charge in [0.15, 0.2) is 11.6 Å². The largest absolute Gasteiger partial charge is 0.488 e. The standard InChI is InChI=1S/C23H26F2N2O5S/c1-4-5-27-10-13(6-12(2)3)26-33(30,31)20-8-15-14-7-16(23(28)29)21(24)22(25)17(14)11-32-19(15)9-18(20)27/h7-9,12-13,26H,4-6,10-11H2,1-3H3,(H,28,29)/t13-/m1/s1. The number of carboxylic acids is 1. The summed E-state index contributed by atoms with van der Waals surface area (Å²) in [6, 6.07) is 3.70. The molecule has 2 heterocycles. The molecule has 0 saturated carbocycles. The minimum absolute atomic E-state index is 0.000913. The Labute approximate surface area is 191 Å². The first-order valence-electron chi connectivity index (χ1n) is 10.9. The second-order valence-corrected chi connectivity index (χ2v) is 10.6. The number of fused-ring (bicyclic) bond motifs is 4. The summed E-state index contributed by atoms with van der Waals surface area (Å²) in [6.45, 7) is 6.85. The SMILES string of the molecule is CCCN1C[C@@H](CC(C)C)NS(=O)(=O)c2cc3c(cc21)OCc1c-3cc(C(=O)O)c(F)c1F. The number of carbonyl (C=O) groups is 1. The van der Waals surface area contributed by atoms with Gasteiger partial charge in [-0.1, -0.05) is 20.8 Å². The summed E-state index contributed by atoms with van der Waals surface area (Å²) in [5, 5.41) is 9.30. The third kappa shape index (κ3) is 4.17. The summed E-state index contributed by atoms with van der Waals surface area (Å²) < 4.78 is 64.0. The van der Waals surface area contributed by atoms with Crippen LogP contribution in [0.1, 0.15) is 49.5 Å². The molecule has 178 valence electrons. The van der Waals surface area contributed by atoms with Gasteiger partial charge in [0.25, 0.3) is 0 Å². The molecule has 2 aliphatic heterocycles. The fourth-order valence-corrected chi connectivity index (χ4v) is 6.02. The number of aromatic carboxylic acids is 1. The maximum atomic E-state index is 14.6. The smallest absolute Gasteiger partial charge is 0.338 e. The maximum absolute atomic E-state index is 14.6. The van der Waals surface area contributed by atoms with Crippen molar-refractivity contribution in [1.82, 2.24) is 4.72 Å². The Morgan fingerprint density at radius 2 is 1.97 bits per heavy atom. The molecule has 0 saturated heterocycles. The fraction of sp³-hybridized carbons (Fsp3) is 0.435. The van der Waals surface area contributed by atoms with E-state index in [9.17, 15) is 27.1 Å². The van der Waals surface area contributed by atoms with Crippen LogP contribution in [0, 0.1) is 17.6 Å². The second kappa shape index (κ2) is 8.57. The zero-order chi connectivity index (χ0) is 24.1. The average Bonchev–Trinajstić information content (AvgIpc) is 2.82. The molecule has 0 aromatic heterocycles. The van der Waals surface area contributed by atoms with Crippen molar-refractivity contribution >= 4 is 21.7 Å². The van der Waals surface area contributed by atoms with E-state index in [2.05, 4.69) is 4.72 Å². The van der Waals surface area contributed by atoms with Crippen LogP contribution in [0.3, 0.4) is 0 Å². The van der Waals surface area contributed by atoms with E-state index < -0.39 is 33.2 Å². The van der Waals surface area contributed by atoms with Crippen LogP contribution in [0.5, 0.6) is 5.75 Å². The number of rotatable bonds is 5. The Bertz CT molecular complexity index is 1230. The molecule has 0 fully saturated rings. The van der Waals surface area contributed by atoms with Gasteiger partial charge in [0.05, 0.1) is 11.3 Å². The van der Waals surface area contributed by atoms with E-state index in [0.717, 1.165) is 12.5 Å². The highest BCUT2D eigenvalue weighted by Crippen LogP contribution is 2.45. The number of hydrogen-bond acceptors (Lipinski definition) is 5. The molecular weight excluding hydrogens is 454 g/mol. The van der Waals surface area contributed by atoms with E-state index in [-0.39, 0.29) is 40.2 Å². The number of ether oxygens (including phenoxy) is 1. The highest BCUT2D eigenvalue weighted by Gasteiger charge is 2.35. The number of anilines is 1. The number of nitrogens with zero attached hydrogens (tertiary/aromatic N) is 1. The summed E-state index contributed by atoms with van der Waals surface area (Å²) in [7, 11) is -3.94. The quantitative estimate of drug-likeness (QED) is 0.668. The lowest BCUT2D eigenvalue weighted by Gasteiger charge is -2.29. The molecule has 2 aliphatic rings. The number of benzene rings is 2. The molecule has 0 aliphatic carbocycles. The van der Waals surface area contributed by atoms with Gasteiger partial charge in [0.2, 0.25) is 10.0 Å². The van der Waals surface area contributed by atoms with Crippen molar-refractivity contribution in [1.29, 1.82) is 0 Å². The van der Waals surface area contributed by atoms with Crippen molar-refractivity contribution in [3.05, 3.63) is 41.0 Å². The fourth-order valence-electron chi connectivity index (χ4n) is 4.55. The molecule has 2 aromatic carbocycles. The molecule has 0 amide bonds. The molecule has 33 heavy (non-hydrogen) atoms. The van der Waals surface area contributed by atoms with Gasteiger partial charge in [0.1, 0.15) is 17.3 Å². The lowest BCUT2D eigenvalue weighted by molar-refractivity contribution is 0.0690. The van der Waals surface area contributed by atoms with Crippen LogP contribution < -0.4 is 14.4 Å². The predicted octanol–water partition coefficient (Wildman–Crippen LogP) is 4.15. The van der Waals surface area contributed by atoms with E-state index in [1.807, 2.05) is 25.7 Å². The predicted molar refractivity (Wildman–Crippen MR) is 119 cm³/mol. The number of halogens is 2. The van der Waals surface area contributed by atoms with Crippen molar-refractivity contribution in [2.45, 2.75) is 51.2 Å². The van der Waals surface area contributed by atoms with E-state index in [1.54, 1.807) is 6.07 Å². The zero-order valence-corrected chi connectivity index (χ0v) is 19.4. The zero-order valence-electron chi connectivity index (χ0n) is 18.6. The van der Waals surface area contributed by atoms with Gasteiger partial charge in [-0.2, -0.15) is 0 Å². The average molecular weight is 481 g/mol. The number of sulfonamides is 1. The highest BCUT2D eigenvalue weighted by molar-refractivity contribution is 7.89. The molecule has 2 N–H and O–H groups in total. The first-order chi connectivity index (χ1) is 15.5. The van der Waals surface area contributed by atoms with Gasteiger partial charge in [-0.25, -0.2) is 26.7 Å². The van der Waals surface area contributed by atoms with Gasteiger partial charge in [0, 0.05) is 36.3 Å². The summed E-state index contributed by atoms with van der Waals surface area (Å²) >= 11 is 0. The molecule has 0 radical (unpaired) electrons. The molecule has 10 heteroatoms.